The molecule has 0 spiro atoms. The normalized spacial score (nSPS) is 12.2. The summed E-state index contributed by atoms with van der Waals surface area (Å²) in [5.74, 6) is 1.21. The van der Waals surface area contributed by atoms with E-state index in [4.69, 9.17) is 9.47 Å². The van der Waals surface area contributed by atoms with E-state index >= 15 is 0 Å². The molecule has 0 unspecified atom stereocenters. The Morgan fingerprint density at radius 3 is 2.74 bits per heavy atom. The van der Waals surface area contributed by atoms with Gasteiger partial charge in [-0.1, -0.05) is 10.3 Å². The molecule has 1 N–H and O–H groups in total. The second-order valence-electron chi connectivity index (χ2n) is 4.16. The maximum absolute atomic E-state index is 9.71. The van der Waals surface area contributed by atoms with Crippen LogP contribution >= 0.6 is 0 Å². The fourth-order valence-corrected chi connectivity index (χ4v) is 1.64. The molecule has 19 heavy (non-hydrogen) atoms. The summed E-state index contributed by atoms with van der Waals surface area (Å²) < 4.78 is 15.4. The third-order valence-electron chi connectivity index (χ3n) is 2.78. The molecular formula is C13H16N2O4. The predicted molar refractivity (Wildman–Crippen MR) is 67.0 cm³/mol. The van der Waals surface area contributed by atoms with Crippen LogP contribution in [0.3, 0.4) is 0 Å². The van der Waals surface area contributed by atoms with Crippen LogP contribution in [0.25, 0.3) is 0 Å². The summed E-state index contributed by atoms with van der Waals surface area (Å²) in [7, 11) is 1.58. The van der Waals surface area contributed by atoms with E-state index in [2.05, 4.69) is 14.9 Å². The van der Waals surface area contributed by atoms with Crippen LogP contribution in [0.4, 0.5) is 0 Å². The highest BCUT2D eigenvalue weighted by molar-refractivity contribution is 5.41. The van der Waals surface area contributed by atoms with Crippen LogP contribution < -0.4 is 9.47 Å². The standard InChI is InChI=1S/C13H16N2O4/c1-8-12(15-19-14-8)7-18-13-6-10(17-3)4-5-11(13)9(2)16/h4-6,9,16H,7H2,1-3H3/t9-/m1/s1. The number of aryl methyl sites for hydroxylation is 1. The lowest BCUT2D eigenvalue weighted by molar-refractivity contribution is 0.189. The van der Waals surface area contributed by atoms with Crippen molar-refractivity contribution in [2.75, 3.05) is 7.11 Å². The lowest BCUT2D eigenvalue weighted by atomic mass is 10.1. The summed E-state index contributed by atoms with van der Waals surface area (Å²) in [6.45, 7) is 3.69. The molecule has 1 aromatic heterocycles. The van der Waals surface area contributed by atoms with Gasteiger partial charge in [-0.15, -0.1) is 0 Å². The van der Waals surface area contributed by atoms with Crippen LogP contribution in [0, 0.1) is 6.92 Å². The topological polar surface area (TPSA) is 77.6 Å². The van der Waals surface area contributed by atoms with Crippen LogP contribution in [0.1, 0.15) is 30.0 Å². The molecule has 0 radical (unpaired) electrons. The van der Waals surface area contributed by atoms with Gasteiger partial charge < -0.3 is 14.6 Å². The molecule has 6 nitrogen and oxygen atoms in total. The quantitative estimate of drug-likeness (QED) is 0.890. The fraction of sp³-hybridized carbons (Fsp3) is 0.385. The van der Waals surface area contributed by atoms with Crippen molar-refractivity contribution in [1.82, 2.24) is 10.3 Å². The summed E-state index contributed by atoms with van der Waals surface area (Å²) in [6, 6.07) is 5.27. The number of ether oxygens (including phenoxy) is 2. The fourth-order valence-electron chi connectivity index (χ4n) is 1.64. The molecule has 6 heteroatoms. The number of hydrogen-bond donors (Lipinski definition) is 1. The minimum absolute atomic E-state index is 0.224. The monoisotopic (exact) mass is 264 g/mol. The molecule has 0 bridgehead atoms. The molecule has 0 saturated carbocycles. The average molecular weight is 264 g/mol. The summed E-state index contributed by atoms with van der Waals surface area (Å²) in [5.41, 5.74) is 2.00. The Morgan fingerprint density at radius 1 is 1.37 bits per heavy atom. The Labute approximate surface area is 110 Å². The van der Waals surface area contributed by atoms with Crippen molar-refractivity contribution >= 4 is 0 Å². The Bertz CT molecular complexity index is 551. The summed E-state index contributed by atoms with van der Waals surface area (Å²) >= 11 is 0. The first kappa shape index (κ1) is 13.4. The van der Waals surface area contributed by atoms with Gasteiger partial charge in [-0.05, 0) is 26.0 Å². The summed E-state index contributed by atoms with van der Waals surface area (Å²) in [5, 5.41) is 17.1. The van der Waals surface area contributed by atoms with Gasteiger partial charge in [0.1, 0.15) is 29.5 Å². The van der Waals surface area contributed by atoms with Gasteiger partial charge in [-0.2, -0.15) is 0 Å². The highest BCUT2D eigenvalue weighted by atomic mass is 16.6. The van der Waals surface area contributed by atoms with Crippen molar-refractivity contribution in [3.8, 4) is 11.5 Å². The van der Waals surface area contributed by atoms with E-state index in [0.29, 0.717) is 28.5 Å². The van der Waals surface area contributed by atoms with Crippen LogP contribution in [0.15, 0.2) is 22.8 Å². The minimum atomic E-state index is -0.627. The van der Waals surface area contributed by atoms with Crippen LogP contribution in [-0.2, 0) is 6.61 Å². The van der Waals surface area contributed by atoms with Gasteiger partial charge in [-0.25, -0.2) is 4.63 Å². The van der Waals surface area contributed by atoms with Gasteiger partial charge in [0.05, 0.1) is 13.2 Å². The lowest BCUT2D eigenvalue weighted by Crippen LogP contribution is -2.02. The molecule has 0 saturated heterocycles. The van der Waals surface area contributed by atoms with Crippen molar-refractivity contribution < 1.29 is 19.2 Å². The number of aliphatic hydroxyl groups is 1. The number of hydrogen-bond acceptors (Lipinski definition) is 6. The van der Waals surface area contributed by atoms with Crippen molar-refractivity contribution in [3.63, 3.8) is 0 Å². The summed E-state index contributed by atoms with van der Waals surface area (Å²) in [4.78, 5) is 0. The maximum Gasteiger partial charge on any atom is 0.145 e. The van der Waals surface area contributed by atoms with E-state index in [-0.39, 0.29) is 6.61 Å². The first-order chi connectivity index (χ1) is 9.11. The average Bonchev–Trinajstić information content (AvgIpc) is 2.81. The molecule has 1 aromatic carbocycles. The number of benzene rings is 1. The molecule has 0 amide bonds. The van der Waals surface area contributed by atoms with Gasteiger partial charge in [0.25, 0.3) is 0 Å². The van der Waals surface area contributed by atoms with E-state index in [1.807, 2.05) is 0 Å². The van der Waals surface area contributed by atoms with E-state index in [1.165, 1.54) is 0 Å². The SMILES string of the molecule is COc1ccc([C@@H](C)O)c(OCc2nonc2C)c1. The Morgan fingerprint density at radius 2 is 2.16 bits per heavy atom. The van der Waals surface area contributed by atoms with Crippen molar-refractivity contribution in [2.45, 2.75) is 26.6 Å². The largest absolute Gasteiger partial charge is 0.497 e. The predicted octanol–water partition coefficient (Wildman–Crippen LogP) is 2.02. The molecule has 102 valence electrons. The first-order valence-corrected chi connectivity index (χ1v) is 5.88. The zero-order valence-corrected chi connectivity index (χ0v) is 11.1. The smallest absolute Gasteiger partial charge is 0.145 e. The van der Waals surface area contributed by atoms with Crippen LogP contribution in [0.2, 0.25) is 0 Å². The number of methoxy groups -OCH3 is 1. The molecule has 2 rings (SSSR count). The third-order valence-corrected chi connectivity index (χ3v) is 2.78. The second kappa shape index (κ2) is 5.71. The highest BCUT2D eigenvalue weighted by Gasteiger charge is 2.12. The molecule has 0 aliphatic heterocycles. The highest BCUT2D eigenvalue weighted by Crippen LogP contribution is 2.30. The zero-order chi connectivity index (χ0) is 13.8. The van der Waals surface area contributed by atoms with Crippen molar-refractivity contribution in [2.24, 2.45) is 0 Å². The molecular weight excluding hydrogens is 248 g/mol. The number of nitrogens with zero attached hydrogens (tertiary/aromatic N) is 2. The first-order valence-electron chi connectivity index (χ1n) is 5.88. The van der Waals surface area contributed by atoms with Gasteiger partial charge in [0, 0.05) is 11.6 Å². The van der Waals surface area contributed by atoms with E-state index in [0.717, 1.165) is 0 Å². The maximum atomic E-state index is 9.71. The molecule has 0 aliphatic carbocycles. The zero-order valence-electron chi connectivity index (χ0n) is 11.1. The molecule has 1 atom stereocenters. The Hall–Kier alpha value is -2.08. The minimum Gasteiger partial charge on any atom is -0.497 e. The third kappa shape index (κ3) is 3.03. The Kier molecular flexibility index (Phi) is 4.01. The molecule has 2 aromatic rings. The second-order valence-corrected chi connectivity index (χ2v) is 4.16. The number of aliphatic hydroxyl groups excluding tert-OH is 1. The lowest BCUT2D eigenvalue weighted by Gasteiger charge is -2.14. The van der Waals surface area contributed by atoms with Gasteiger partial charge in [0.2, 0.25) is 0 Å². The van der Waals surface area contributed by atoms with Crippen molar-refractivity contribution in [3.05, 3.63) is 35.2 Å². The van der Waals surface area contributed by atoms with E-state index in [9.17, 15) is 5.11 Å². The van der Waals surface area contributed by atoms with Crippen molar-refractivity contribution in [1.29, 1.82) is 0 Å². The van der Waals surface area contributed by atoms with E-state index < -0.39 is 6.10 Å². The van der Waals surface area contributed by atoms with Gasteiger partial charge in [0.15, 0.2) is 0 Å². The number of rotatable bonds is 5. The molecule has 0 fully saturated rings. The summed E-state index contributed by atoms with van der Waals surface area (Å²) in [6.07, 6.45) is -0.627. The Balaban J connectivity index is 2.20. The number of aromatic nitrogens is 2. The van der Waals surface area contributed by atoms with Crippen LogP contribution in [-0.4, -0.2) is 22.5 Å². The molecule has 0 aliphatic rings. The van der Waals surface area contributed by atoms with Crippen LogP contribution in [0.5, 0.6) is 11.5 Å². The van der Waals surface area contributed by atoms with E-state index in [1.54, 1.807) is 39.2 Å². The van der Waals surface area contributed by atoms with Gasteiger partial charge in [-0.3, -0.25) is 0 Å². The molecule has 1 heterocycles. The van der Waals surface area contributed by atoms with Gasteiger partial charge >= 0.3 is 0 Å².